The van der Waals surface area contributed by atoms with E-state index in [9.17, 15) is 22.8 Å². The van der Waals surface area contributed by atoms with Crippen molar-refractivity contribution in [2.24, 2.45) is 0 Å². The van der Waals surface area contributed by atoms with Gasteiger partial charge in [0.2, 0.25) is 0 Å². The number of hydrogen-bond donors (Lipinski definition) is 1. The molecule has 1 heterocycles. The number of carbonyl (C=O) groups excluding carboxylic acids is 2. The lowest BCUT2D eigenvalue weighted by Crippen LogP contribution is -2.15. The molecule has 4 nitrogen and oxygen atoms in total. The van der Waals surface area contributed by atoms with Gasteiger partial charge < -0.3 is 14.5 Å². The van der Waals surface area contributed by atoms with Crippen LogP contribution in [0.25, 0.3) is 10.9 Å². The van der Waals surface area contributed by atoms with Crippen LogP contribution in [0.1, 0.15) is 78.8 Å². The molecule has 1 N–H and O–H groups in total. The third-order valence-corrected chi connectivity index (χ3v) is 7.10. The van der Waals surface area contributed by atoms with E-state index < -0.39 is 17.7 Å². The van der Waals surface area contributed by atoms with Gasteiger partial charge in [0.05, 0.1) is 5.56 Å². The summed E-state index contributed by atoms with van der Waals surface area (Å²) in [7, 11) is 0. The van der Waals surface area contributed by atoms with Gasteiger partial charge in [-0.05, 0) is 73.6 Å². The molecule has 2 aliphatic rings. The number of ether oxygens (including phenoxy) is 1. The molecule has 5 rings (SSSR count). The molecule has 0 saturated heterocycles. The lowest BCUT2D eigenvalue weighted by Gasteiger charge is -2.18. The second kappa shape index (κ2) is 8.60. The molecule has 0 spiro atoms. The minimum absolute atomic E-state index is 0.00689. The van der Waals surface area contributed by atoms with E-state index in [2.05, 4.69) is 4.98 Å². The van der Waals surface area contributed by atoms with Crippen LogP contribution in [-0.4, -0.2) is 16.6 Å². The van der Waals surface area contributed by atoms with Gasteiger partial charge in [0.25, 0.3) is 0 Å². The van der Waals surface area contributed by atoms with Crippen molar-refractivity contribution in [1.29, 1.82) is 0 Å². The average molecular weight is 470 g/mol. The van der Waals surface area contributed by atoms with E-state index in [4.69, 9.17) is 4.74 Å². The Labute approximate surface area is 195 Å². The molecule has 3 aromatic rings. The predicted molar refractivity (Wildman–Crippen MR) is 122 cm³/mol. The van der Waals surface area contributed by atoms with Crippen molar-refractivity contribution in [2.75, 3.05) is 0 Å². The van der Waals surface area contributed by atoms with Crippen LogP contribution in [0.2, 0.25) is 0 Å². The van der Waals surface area contributed by atoms with Crippen LogP contribution in [-0.2, 0) is 28.8 Å². The van der Waals surface area contributed by atoms with Crippen LogP contribution in [0.5, 0.6) is 5.75 Å². The van der Waals surface area contributed by atoms with E-state index in [1.165, 1.54) is 11.6 Å². The zero-order valence-corrected chi connectivity index (χ0v) is 18.9. The number of hydrogen-bond acceptors (Lipinski definition) is 3. The molecule has 0 bridgehead atoms. The van der Waals surface area contributed by atoms with E-state index in [0.717, 1.165) is 35.5 Å². The first-order valence-electron chi connectivity index (χ1n) is 11.7. The second-order valence-electron chi connectivity index (χ2n) is 9.49. The summed E-state index contributed by atoms with van der Waals surface area (Å²) in [6.07, 6.45) is -0.764. The summed E-state index contributed by atoms with van der Waals surface area (Å²) in [5.74, 6) is 0.161. The number of aryl methyl sites for hydroxylation is 1. The summed E-state index contributed by atoms with van der Waals surface area (Å²) in [5.41, 5.74) is 3.00. The number of fused-ring (bicyclic) bond motifs is 3. The highest BCUT2D eigenvalue weighted by Gasteiger charge is 2.38. The number of nitrogens with one attached hydrogen (secondary N) is 1. The van der Waals surface area contributed by atoms with Crippen LogP contribution >= 0.6 is 0 Å². The number of carbonyl (C=O) groups is 2. The van der Waals surface area contributed by atoms with Gasteiger partial charge >= 0.3 is 6.18 Å². The molecule has 7 heteroatoms. The van der Waals surface area contributed by atoms with E-state index in [1.807, 2.05) is 12.1 Å². The van der Waals surface area contributed by atoms with E-state index in [1.54, 1.807) is 19.1 Å². The van der Waals surface area contributed by atoms with Gasteiger partial charge in [-0.2, -0.15) is 13.2 Å². The van der Waals surface area contributed by atoms with Gasteiger partial charge in [0, 0.05) is 41.3 Å². The number of halogens is 3. The molecule has 0 radical (unpaired) electrons. The maximum absolute atomic E-state index is 13.8. The fourth-order valence-corrected chi connectivity index (χ4v) is 5.52. The van der Waals surface area contributed by atoms with Crippen molar-refractivity contribution in [3.05, 3.63) is 64.3 Å². The molecule has 0 amide bonds. The fourth-order valence-electron chi connectivity index (χ4n) is 5.52. The lowest BCUT2D eigenvalue weighted by molar-refractivity contribution is -0.138. The third kappa shape index (κ3) is 4.24. The molecular formula is C27H26F3NO3. The quantitative estimate of drug-likeness (QED) is 0.442. The Balaban J connectivity index is 1.37. The van der Waals surface area contributed by atoms with Crippen LogP contribution in [0.15, 0.2) is 36.4 Å². The molecule has 1 saturated carbocycles. The highest BCUT2D eigenvalue weighted by molar-refractivity contribution is 5.88. The predicted octanol–water partition coefficient (Wildman–Crippen LogP) is 6.61. The standard InChI is InChI=1S/C27H26F3NO3/c1-15(32)11-17-6-9-21-22-13-18(7-10-24(22)31-26(17)21)34-14-16-5-8-19(20-3-2-4-25(20)33)23(12-16)27(28,29)30/h5,7-8,10,12-13,17,20,31H,2-4,6,9,11,14H2,1H3. The molecule has 178 valence electrons. The number of aromatic amines is 1. The molecule has 1 aromatic heterocycles. The molecular weight excluding hydrogens is 443 g/mol. The number of aromatic nitrogens is 1. The summed E-state index contributed by atoms with van der Waals surface area (Å²) in [6, 6.07) is 9.78. The summed E-state index contributed by atoms with van der Waals surface area (Å²) in [6.45, 7) is 1.60. The first kappa shape index (κ1) is 22.7. The Bertz CT molecular complexity index is 1270. The van der Waals surface area contributed by atoms with Crippen molar-refractivity contribution in [3.8, 4) is 5.75 Å². The van der Waals surface area contributed by atoms with Crippen molar-refractivity contribution in [3.63, 3.8) is 0 Å². The van der Waals surface area contributed by atoms with E-state index in [0.29, 0.717) is 37.0 Å². The molecule has 2 atom stereocenters. The maximum Gasteiger partial charge on any atom is 0.416 e. The summed E-state index contributed by atoms with van der Waals surface area (Å²) in [5, 5.41) is 1.03. The SMILES string of the molecule is CC(=O)CC1CCc2c1[nH]c1ccc(OCc3ccc(C4CCCC4=O)c(C(F)(F)F)c3)cc21. The van der Waals surface area contributed by atoms with Crippen LogP contribution in [0.4, 0.5) is 13.2 Å². The Morgan fingerprint density at radius 3 is 2.65 bits per heavy atom. The van der Waals surface area contributed by atoms with Gasteiger partial charge in [-0.15, -0.1) is 0 Å². The highest BCUT2D eigenvalue weighted by Crippen LogP contribution is 2.42. The zero-order chi connectivity index (χ0) is 24.0. The van der Waals surface area contributed by atoms with Crippen molar-refractivity contribution in [1.82, 2.24) is 4.98 Å². The first-order valence-corrected chi connectivity index (χ1v) is 11.7. The molecule has 2 unspecified atom stereocenters. The minimum Gasteiger partial charge on any atom is -0.489 e. The van der Waals surface area contributed by atoms with Crippen molar-refractivity contribution >= 4 is 22.5 Å². The lowest BCUT2D eigenvalue weighted by atomic mass is 9.90. The molecule has 1 fully saturated rings. The number of Topliss-reactive ketones (excluding diaryl/α,β-unsaturated/α-hetero) is 2. The maximum atomic E-state index is 13.8. The number of alkyl halides is 3. The molecule has 2 aromatic carbocycles. The van der Waals surface area contributed by atoms with Gasteiger partial charge in [0.15, 0.2) is 0 Å². The van der Waals surface area contributed by atoms with Crippen LogP contribution in [0, 0.1) is 0 Å². The molecule has 0 aliphatic heterocycles. The Hall–Kier alpha value is -3.09. The number of rotatable bonds is 6. The summed E-state index contributed by atoms with van der Waals surface area (Å²) in [4.78, 5) is 27.1. The first-order chi connectivity index (χ1) is 16.2. The summed E-state index contributed by atoms with van der Waals surface area (Å²) >= 11 is 0. The third-order valence-electron chi connectivity index (χ3n) is 7.10. The minimum atomic E-state index is -4.53. The number of H-pyrrole nitrogens is 1. The Kier molecular flexibility index (Phi) is 5.74. The largest absolute Gasteiger partial charge is 0.489 e. The fraction of sp³-hybridized carbons (Fsp3) is 0.407. The van der Waals surface area contributed by atoms with Gasteiger partial charge in [-0.1, -0.05) is 12.1 Å². The van der Waals surface area contributed by atoms with E-state index >= 15 is 0 Å². The van der Waals surface area contributed by atoms with Crippen LogP contribution in [0.3, 0.4) is 0 Å². The number of benzene rings is 2. The van der Waals surface area contributed by atoms with E-state index in [-0.39, 0.29) is 29.7 Å². The smallest absolute Gasteiger partial charge is 0.416 e. The Morgan fingerprint density at radius 2 is 1.94 bits per heavy atom. The molecule has 34 heavy (non-hydrogen) atoms. The molecule has 2 aliphatic carbocycles. The monoisotopic (exact) mass is 469 g/mol. The Morgan fingerprint density at radius 1 is 1.12 bits per heavy atom. The van der Waals surface area contributed by atoms with Gasteiger partial charge in [-0.25, -0.2) is 0 Å². The van der Waals surface area contributed by atoms with Gasteiger partial charge in [0.1, 0.15) is 23.9 Å². The van der Waals surface area contributed by atoms with Gasteiger partial charge in [-0.3, -0.25) is 4.79 Å². The van der Waals surface area contributed by atoms with Crippen molar-refractivity contribution in [2.45, 2.75) is 70.1 Å². The second-order valence-corrected chi connectivity index (χ2v) is 9.49. The summed E-state index contributed by atoms with van der Waals surface area (Å²) < 4.78 is 47.2. The average Bonchev–Trinajstić information content (AvgIpc) is 3.47. The van der Waals surface area contributed by atoms with Crippen molar-refractivity contribution < 1.29 is 27.5 Å². The van der Waals surface area contributed by atoms with Crippen LogP contribution < -0.4 is 4.74 Å². The normalized spacial score (nSPS) is 20.2. The highest BCUT2D eigenvalue weighted by atomic mass is 19.4. The zero-order valence-electron chi connectivity index (χ0n) is 18.9. The topological polar surface area (TPSA) is 59.2 Å². The number of ketones is 2.